The Kier molecular flexibility index (Phi) is 5.59. The number of nitrogens with zero attached hydrogens (tertiary/aromatic N) is 2. The minimum atomic E-state index is -0.132. The van der Waals surface area contributed by atoms with Crippen molar-refractivity contribution in [2.24, 2.45) is 0 Å². The molecule has 0 fully saturated rings. The second-order valence-corrected chi connectivity index (χ2v) is 6.13. The Morgan fingerprint density at radius 2 is 1.81 bits per heavy atom. The molecule has 1 amide bonds. The van der Waals surface area contributed by atoms with Crippen molar-refractivity contribution in [2.75, 3.05) is 6.54 Å². The number of aromatic nitrogens is 2. The molecular formula is C21H21N3O2. The van der Waals surface area contributed by atoms with Crippen molar-refractivity contribution in [3.05, 3.63) is 88.5 Å². The number of carbonyl (C=O) groups excluding carboxylic acids is 1. The summed E-state index contributed by atoms with van der Waals surface area (Å²) in [5.74, 6) is -0.0544. The maximum absolute atomic E-state index is 12.2. The third-order valence-corrected chi connectivity index (χ3v) is 4.24. The average molecular weight is 347 g/mol. The molecule has 0 radical (unpaired) electrons. The summed E-state index contributed by atoms with van der Waals surface area (Å²) in [6, 6.07) is 18.9. The molecule has 5 heteroatoms. The highest BCUT2D eigenvalue weighted by Gasteiger charge is 2.06. The lowest BCUT2D eigenvalue weighted by atomic mass is 10.1. The first-order valence-electron chi connectivity index (χ1n) is 8.56. The molecule has 2 aromatic carbocycles. The van der Waals surface area contributed by atoms with Gasteiger partial charge in [-0.15, -0.1) is 0 Å². The summed E-state index contributed by atoms with van der Waals surface area (Å²) in [5, 5.41) is 2.85. The summed E-state index contributed by atoms with van der Waals surface area (Å²) in [4.78, 5) is 28.6. The second-order valence-electron chi connectivity index (χ2n) is 6.13. The number of amides is 1. The number of nitrogens with one attached hydrogen (secondary N) is 1. The fraction of sp³-hybridized carbons (Fsp3) is 0.190. The van der Waals surface area contributed by atoms with E-state index in [1.165, 1.54) is 17.0 Å². The van der Waals surface area contributed by atoms with Crippen molar-refractivity contribution in [3.63, 3.8) is 0 Å². The quantitative estimate of drug-likeness (QED) is 0.745. The van der Waals surface area contributed by atoms with Crippen LogP contribution in [0.2, 0.25) is 0 Å². The van der Waals surface area contributed by atoms with Crippen LogP contribution >= 0.6 is 0 Å². The summed E-state index contributed by atoms with van der Waals surface area (Å²) in [7, 11) is 0. The van der Waals surface area contributed by atoms with Crippen LogP contribution < -0.4 is 10.9 Å². The molecule has 1 aromatic heterocycles. The zero-order chi connectivity index (χ0) is 18.4. The van der Waals surface area contributed by atoms with E-state index >= 15 is 0 Å². The van der Waals surface area contributed by atoms with Crippen molar-refractivity contribution < 1.29 is 4.79 Å². The van der Waals surface area contributed by atoms with E-state index in [9.17, 15) is 9.59 Å². The van der Waals surface area contributed by atoms with Gasteiger partial charge in [-0.2, -0.15) is 0 Å². The molecule has 0 aliphatic heterocycles. The normalized spacial score (nSPS) is 10.5. The molecule has 3 rings (SSSR count). The Balaban J connectivity index is 1.56. The van der Waals surface area contributed by atoms with Crippen molar-refractivity contribution in [2.45, 2.75) is 19.9 Å². The monoisotopic (exact) mass is 347 g/mol. The molecule has 26 heavy (non-hydrogen) atoms. The zero-order valence-corrected chi connectivity index (χ0v) is 14.7. The van der Waals surface area contributed by atoms with Gasteiger partial charge in [-0.25, -0.2) is 4.98 Å². The number of rotatable bonds is 6. The van der Waals surface area contributed by atoms with E-state index in [0.29, 0.717) is 25.2 Å². The first-order chi connectivity index (χ1) is 12.6. The Hall–Kier alpha value is -3.21. The Labute approximate surface area is 152 Å². The minimum Gasteiger partial charge on any atom is -0.354 e. The van der Waals surface area contributed by atoms with Gasteiger partial charge in [0.25, 0.3) is 5.56 Å². The van der Waals surface area contributed by atoms with Crippen molar-refractivity contribution >= 4 is 5.91 Å². The van der Waals surface area contributed by atoms with E-state index < -0.39 is 0 Å². The van der Waals surface area contributed by atoms with Crippen LogP contribution in [0, 0.1) is 6.92 Å². The van der Waals surface area contributed by atoms with Crippen molar-refractivity contribution in [1.29, 1.82) is 0 Å². The second kappa shape index (κ2) is 8.25. The predicted octanol–water partition coefficient (Wildman–Crippen LogP) is 2.58. The van der Waals surface area contributed by atoms with Crippen LogP contribution in [-0.2, 0) is 17.8 Å². The van der Waals surface area contributed by atoms with E-state index in [4.69, 9.17) is 0 Å². The number of benzene rings is 2. The molecule has 0 atom stereocenters. The fourth-order valence-electron chi connectivity index (χ4n) is 2.72. The molecule has 132 valence electrons. The molecule has 0 bridgehead atoms. The first kappa shape index (κ1) is 17.6. The van der Waals surface area contributed by atoms with Crippen molar-refractivity contribution in [3.8, 4) is 11.3 Å². The van der Waals surface area contributed by atoms with Crippen LogP contribution in [0.15, 0.2) is 71.8 Å². The summed E-state index contributed by atoms with van der Waals surface area (Å²) < 4.78 is 1.50. The van der Waals surface area contributed by atoms with Gasteiger partial charge in [0.05, 0.1) is 18.4 Å². The molecule has 0 saturated heterocycles. The Morgan fingerprint density at radius 1 is 1.08 bits per heavy atom. The van der Waals surface area contributed by atoms with Crippen molar-refractivity contribution in [1.82, 2.24) is 14.9 Å². The number of hydrogen-bond acceptors (Lipinski definition) is 3. The van der Waals surface area contributed by atoms with Gasteiger partial charge >= 0.3 is 0 Å². The number of hydrogen-bond donors (Lipinski definition) is 1. The maximum atomic E-state index is 12.2. The number of aryl methyl sites for hydroxylation is 1. The Morgan fingerprint density at radius 3 is 2.54 bits per heavy atom. The van der Waals surface area contributed by atoms with E-state index in [2.05, 4.69) is 10.3 Å². The van der Waals surface area contributed by atoms with Crippen LogP contribution in [0.25, 0.3) is 11.3 Å². The molecule has 1 heterocycles. The molecule has 0 aliphatic carbocycles. The van der Waals surface area contributed by atoms with E-state index in [1.54, 1.807) is 0 Å². The molecule has 0 aliphatic rings. The van der Waals surface area contributed by atoms with Gasteiger partial charge in [0.15, 0.2) is 0 Å². The maximum Gasteiger partial charge on any atom is 0.253 e. The first-order valence-corrected chi connectivity index (χ1v) is 8.56. The average Bonchev–Trinajstić information content (AvgIpc) is 2.65. The van der Waals surface area contributed by atoms with Crippen LogP contribution in [0.5, 0.6) is 0 Å². The molecule has 5 nitrogen and oxygen atoms in total. The third-order valence-electron chi connectivity index (χ3n) is 4.24. The molecule has 3 aromatic rings. The number of carbonyl (C=O) groups is 1. The van der Waals surface area contributed by atoms with Crippen LogP contribution in [-0.4, -0.2) is 22.0 Å². The minimum absolute atomic E-state index is 0.0544. The molecule has 0 saturated carbocycles. The van der Waals surface area contributed by atoms with E-state index in [-0.39, 0.29) is 11.5 Å². The predicted molar refractivity (Wildman–Crippen MR) is 102 cm³/mol. The SMILES string of the molecule is Cc1ccccc1CC(=O)NCCn1cnc(-c2ccccc2)cc1=O. The highest BCUT2D eigenvalue weighted by molar-refractivity contribution is 5.78. The fourth-order valence-corrected chi connectivity index (χ4v) is 2.72. The highest BCUT2D eigenvalue weighted by atomic mass is 16.1. The molecule has 0 spiro atoms. The van der Waals surface area contributed by atoms with Gasteiger partial charge < -0.3 is 5.32 Å². The highest BCUT2D eigenvalue weighted by Crippen LogP contribution is 2.13. The molecule has 0 unspecified atom stereocenters. The molecule has 1 N–H and O–H groups in total. The standard InChI is InChI=1S/C21H21N3O2/c1-16-7-5-6-10-18(16)13-20(25)22-11-12-24-15-23-19(14-21(24)26)17-8-3-2-4-9-17/h2-10,14-15H,11-13H2,1H3,(H,22,25). The lowest BCUT2D eigenvalue weighted by Crippen LogP contribution is -2.31. The van der Waals surface area contributed by atoms with Gasteiger partial charge in [-0.3, -0.25) is 14.2 Å². The zero-order valence-electron chi connectivity index (χ0n) is 14.7. The Bertz CT molecular complexity index is 949. The summed E-state index contributed by atoms with van der Waals surface area (Å²) in [6.07, 6.45) is 1.87. The third kappa shape index (κ3) is 4.45. The van der Waals surface area contributed by atoms with E-state index in [1.807, 2.05) is 61.5 Å². The smallest absolute Gasteiger partial charge is 0.253 e. The van der Waals surface area contributed by atoms with Gasteiger partial charge in [0.1, 0.15) is 0 Å². The lowest BCUT2D eigenvalue weighted by Gasteiger charge is -2.09. The van der Waals surface area contributed by atoms with Gasteiger partial charge in [-0.05, 0) is 18.1 Å². The summed E-state index contributed by atoms with van der Waals surface area (Å²) >= 11 is 0. The van der Waals surface area contributed by atoms with Crippen LogP contribution in [0.1, 0.15) is 11.1 Å². The van der Waals surface area contributed by atoms with Gasteiger partial charge in [-0.1, -0.05) is 54.6 Å². The summed E-state index contributed by atoms with van der Waals surface area (Å²) in [5.41, 5.74) is 3.53. The van der Waals surface area contributed by atoms with Gasteiger partial charge in [0, 0.05) is 24.7 Å². The largest absolute Gasteiger partial charge is 0.354 e. The topological polar surface area (TPSA) is 64.0 Å². The van der Waals surface area contributed by atoms with Gasteiger partial charge in [0.2, 0.25) is 5.91 Å². The lowest BCUT2D eigenvalue weighted by molar-refractivity contribution is -0.120. The van der Waals surface area contributed by atoms with Crippen LogP contribution in [0.3, 0.4) is 0 Å². The van der Waals surface area contributed by atoms with Crippen LogP contribution in [0.4, 0.5) is 0 Å². The summed E-state index contributed by atoms with van der Waals surface area (Å²) in [6.45, 7) is 2.76. The van der Waals surface area contributed by atoms with E-state index in [0.717, 1.165) is 16.7 Å². The molecular weight excluding hydrogens is 326 g/mol.